The summed E-state index contributed by atoms with van der Waals surface area (Å²) >= 11 is 5.66. The molecule has 2 N–H and O–H groups in total. The third-order valence-corrected chi connectivity index (χ3v) is 8.33. The van der Waals surface area contributed by atoms with Gasteiger partial charge in [0.15, 0.2) is 10.9 Å². The predicted molar refractivity (Wildman–Crippen MR) is 133 cm³/mol. The van der Waals surface area contributed by atoms with E-state index in [0.717, 1.165) is 31.2 Å². The molecule has 2 rings (SSSR count). The first kappa shape index (κ1) is 26.3. The largest absolute Gasteiger partial charge is 0.360 e. The minimum atomic E-state index is -3.48. The summed E-state index contributed by atoms with van der Waals surface area (Å²) in [5.41, 5.74) is 0.855. The number of hydrogen-bond donors (Lipinski definition) is 2. The van der Waals surface area contributed by atoms with Crippen molar-refractivity contribution >= 4 is 24.9 Å². The molecule has 1 aromatic rings. The van der Waals surface area contributed by atoms with Crippen molar-refractivity contribution in [2.45, 2.75) is 90.4 Å². The smallest absolute Gasteiger partial charge is 0.357 e. The Morgan fingerprint density at radius 2 is 1.61 bits per heavy atom. The van der Waals surface area contributed by atoms with E-state index in [2.05, 4.69) is 31.4 Å². The van der Waals surface area contributed by atoms with Gasteiger partial charge in [-0.3, -0.25) is 4.57 Å². The topological polar surface area (TPSA) is 59.6 Å². The molecular weight excluding hydrogens is 427 g/mol. The number of rotatable bonds is 13. The monoisotopic (exact) mass is 468 g/mol. The highest BCUT2D eigenvalue weighted by Crippen LogP contribution is 2.59. The average molecular weight is 469 g/mol. The van der Waals surface area contributed by atoms with Crippen LogP contribution in [0.4, 0.5) is 0 Å². The summed E-state index contributed by atoms with van der Waals surface area (Å²) in [7, 11) is -3.48. The molecule has 0 heterocycles. The Kier molecular flexibility index (Phi) is 12.1. The van der Waals surface area contributed by atoms with Gasteiger partial charge in [0.05, 0.1) is 13.2 Å². The van der Waals surface area contributed by atoms with Gasteiger partial charge in [0.1, 0.15) is 0 Å². The molecule has 0 amide bonds. The Morgan fingerprint density at radius 3 is 2.16 bits per heavy atom. The second-order valence-electron chi connectivity index (χ2n) is 8.53. The van der Waals surface area contributed by atoms with Crippen LogP contribution in [0, 0.1) is 5.92 Å². The highest BCUT2D eigenvalue weighted by molar-refractivity contribution is 7.80. The molecule has 176 valence electrons. The first-order chi connectivity index (χ1) is 15.0. The number of thiocarbonyl (C=S) groups is 1. The van der Waals surface area contributed by atoms with Crippen molar-refractivity contribution in [3.63, 3.8) is 0 Å². The van der Waals surface area contributed by atoms with Crippen LogP contribution in [0.3, 0.4) is 0 Å². The van der Waals surface area contributed by atoms with Gasteiger partial charge >= 0.3 is 7.60 Å². The van der Waals surface area contributed by atoms with E-state index in [4.69, 9.17) is 21.3 Å². The van der Waals surface area contributed by atoms with E-state index in [9.17, 15) is 4.57 Å². The van der Waals surface area contributed by atoms with Gasteiger partial charge in [-0.15, -0.1) is 0 Å². The standard InChI is InChI=1S/C24H41N2O3PS/c1-4-6-18-28-30(27,29-19-7-5-2)23(22-16-12-9-13-17-22)26-24(31)25-20(3)21-14-10-8-11-15-21/h9,12-13,16-17,20-21,23H,4-8,10-11,14-15,18-19H2,1-3H3,(H2,25,26,31)/t20-,23?/m0/s1. The highest BCUT2D eigenvalue weighted by Gasteiger charge is 2.38. The summed E-state index contributed by atoms with van der Waals surface area (Å²) in [4.78, 5) is 0. The van der Waals surface area contributed by atoms with Crippen molar-refractivity contribution in [1.82, 2.24) is 10.6 Å². The Morgan fingerprint density at radius 1 is 1.03 bits per heavy atom. The van der Waals surface area contributed by atoms with E-state index in [0.29, 0.717) is 24.2 Å². The van der Waals surface area contributed by atoms with Gasteiger partial charge in [0, 0.05) is 6.04 Å². The molecule has 0 aliphatic heterocycles. The fourth-order valence-electron chi connectivity index (χ4n) is 3.96. The Labute approximate surface area is 194 Å². The Balaban J connectivity index is 2.16. The minimum absolute atomic E-state index is 0.276. The molecule has 0 radical (unpaired) electrons. The van der Waals surface area contributed by atoms with Crippen LogP contribution in [0.25, 0.3) is 0 Å². The van der Waals surface area contributed by atoms with Crippen LogP contribution in [0.5, 0.6) is 0 Å². The molecule has 1 saturated carbocycles. The maximum absolute atomic E-state index is 14.0. The molecule has 5 nitrogen and oxygen atoms in total. The lowest BCUT2D eigenvalue weighted by Gasteiger charge is -2.32. The Hall–Kier alpha value is -0.940. The normalized spacial score (nSPS) is 17.1. The SMILES string of the molecule is CCCCOP(=O)(OCCCC)C(NC(=S)N[C@@H](C)C1CCCCC1)c1ccccc1. The number of nitrogens with one attached hydrogen (secondary N) is 2. The number of benzene rings is 1. The van der Waals surface area contributed by atoms with E-state index in [1.807, 2.05) is 30.3 Å². The number of unbranched alkanes of at least 4 members (excludes halogenated alkanes) is 2. The van der Waals surface area contributed by atoms with Crippen LogP contribution in [0.15, 0.2) is 30.3 Å². The van der Waals surface area contributed by atoms with E-state index in [1.54, 1.807) is 0 Å². The van der Waals surface area contributed by atoms with Crippen LogP contribution in [-0.4, -0.2) is 24.4 Å². The van der Waals surface area contributed by atoms with Gasteiger partial charge in [-0.25, -0.2) is 0 Å². The first-order valence-electron chi connectivity index (χ1n) is 12.0. The van der Waals surface area contributed by atoms with Gasteiger partial charge < -0.3 is 19.7 Å². The molecule has 1 aliphatic carbocycles. The molecule has 0 saturated heterocycles. The van der Waals surface area contributed by atoms with Gasteiger partial charge in [-0.2, -0.15) is 0 Å². The second-order valence-corrected chi connectivity index (χ2v) is 11.1. The van der Waals surface area contributed by atoms with Gasteiger partial charge in [-0.1, -0.05) is 76.3 Å². The third kappa shape index (κ3) is 8.84. The van der Waals surface area contributed by atoms with Gasteiger partial charge in [0.25, 0.3) is 0 Å². The highest BCUT2D eigenvalue weighted by atomic mass is 32.1. The summed E-state index contributed by atoms with van der Waals surface area (Å²) in [6.45, 7) is 7.18. The summed E-state index contributed by atoms with van der Waals surface area (Å²) in [5, 5.41) is 7.25. The lowest BCUT2D eigenvalue weighted by molar-refractivity contribution is 0.190. The fraction of sp³-hybridized carbons (Fsp3) is 0.708. The van der Waals surface area contributed by atoms with Gasteiger partial charge in [-0.05, 0) is 56.3 Å². The average Bonchev–Trinajstić information content (AvgIpc) is 2.79. The molecule has 0 aromatic heterocycles. The maximum Gasteiger partial charge on any atom is 0.357 e. The lowest BCUT2D eigenvalue weighted by Crippen LogP contribution is -2.45. The number of hydrogen-bond acceptors (Lipinski definition) is 4. The summed E-state index contributed by atoms with van der Waals surface area (Å²) in [6.07, 6.45) is 9.98. The zero-order valence-corrected chi connectivity index (χ0v) is 21.2. The van der Waals surface area contributed by atoms with E-state index >= 15 is 0 Å². The molecular formula is C24H41N2O3PS. The molecule has 1 fully saturated rings. The maximum atomic E-state index is 14.0. The van der Waals surface area contributed by atoms with E-state index < -0.39 is 13.4 Å². The Bertz CT molecular complexity index is 669. The zero-order chi connectivity index (χ0) is 22.5. The van der Waals surface area contributed by atoms with Crippen molar-refractivity contribution in [3.8, 4) is 0 Å². The molecule has 1 aromatic carbocycles. The van der Waals surface area contributed by atoms with Gasteiger partial charge in [0.2, 0.25) is 0 Å². The van der Waals surface area contributed by atoms with Crippen molar-refractivity contribution < 1.29 is 13.6 Å². The van der Waals surface area contributed by atoms with Crippen LogP contribution < -0.4 is 10.6 Å². The van der Waals surface area contributed by atoms with E-state index in [1.165, 1.54) is 32.1 Å². The van der Waals surface area contributed by atoms with Crippen LogP contribution >= 0.6 is 19.8 Å². The van der Waals surface area contributed by atoms with Crippen molar-refractivity contribution in [2.75, 3.05) is 13.2 Å². The predicted octanol–water partition coefficient (Wildman–Crippen LogP) is 6.94. The molecule has 2 atom stereocenters. The molecule has 0 spiro atoms. The van der Waals surface area contributed by atoms with Crippen LogP contribution in [-0.2, 0) is 13.6 Å². The first-order valence-corrected chi connectivity index (χ1v) is 14.0. The second kappa shape index (κ2) is 14.3. The molecule has 1 unspecified atom stereocenters. The quantitative estimate of drug-likeness (QED) is 0.186. The van der Waals surface area contributed by atoms with Crippen LogP contribution in [0.1, 0.15) is 89.9 Å². The molecule has 0 bridgehead atoms. The van der Waals surface area contributed by atoms with Crippen molar-refractivity contribution in [2.24, 2.45) is 5.92 Å². The molecule has 31 heavy (non-hydrogen) atoms. The molecule has 1 aliphatic rings. The summed E-state index contributed by atoms with van der Waals surface area (Å²) in [6, 6.07) is 10.00. The lowest BCUT2D eigenvalue weighted by atomic mass is 9.85. The summed E-state index contributed by atoms with van der Waals surface area (Å²) < 4.78 is 25.9. The fourth-order valence-corrected chi connectivity index (χ4v) is 6.32. The third-order valence-electron chi connectivity index (χ3n) is 5.95. The van der Waals surface area contributed by atoms with E-state index in [-0.39, 0.29) is 6.04 Å². The van der Waals surface area contributed by atoms with Crippen molar-refractivity contribution in [1.29, 1.82) is 0 Å². The minimum Gasteiger partial charge on any atom is -0.360 e. The van der Waals surface area contributed by atoms with Crippen LogP contribution in [0.2, 0.25) is 0 Å². The summed E-state index contributed by atoms with van der Waals surface area (Å²) in [5.74, 6) is -0.0157. The zero-order valence-electron chi connectivity index (χ0n) is 19.5. The van der Waals surface area contributed by atoms with Crippen molar-refractivity contribution in [3.05, 3.63) is 35.9 Å². The molecule has 7 heteroatoms.